The summed E-state index contributed by atoms with van der Waals surface area (Å²) in [6.45, 7) is -0.169. The Balaban J connectivity index is 1.86. The molecule has 0 spiro atoms. The lowest BCUT2D eigenvalue weighted by molar-refractivity contribution is -0.0330. The first kappa shape index (κ1) is 16.0. The SMILES string of the molecule is CS(=O)(=O)NC[C@@H]1O[C@@H](n2cnc3c(N)ncnc32)[C@@H](O)[C@H]1O. The average Bonchev–Trinajstić information content (AvgIpc) is 3.01. The van der Waals surface area contributed by atoms with Gasteiger partial charge in [-0.3, -0.25) is 4.57 Å². The van der Waals surface area contributed by atoms with Gasteiger partial charge in [0.05, 0.1) is 12.6 Å². The minimum absolute atomic E-state index is 0.169. The lowest BCUT2D eigenvalue weighted by Gasteiger charge is -2.16. The van der Waals surface area contributed by atoms with Gasteiger partial charge in [0.2, 0.25) is 10.0 Å². The van der Waals surface area contributed by atoms with Crippen LogP contribution in [0.15, 0.2) is 12.7 Å². The van der Waals surface area contributed by atoms with Crippen LogP contribution in [0, 0.1) is 0 Å². The molecule has 126 valence electrons. The maximum atomic E-state index is 11.1. The van der Waals surface area contributed by atoms with Crippen molar-refractivity contribution in [1.82, 2.24) is 24.2 Å². The molecule has 4 atom stereocenters. The fourth-order valence-corrected chi connectivity index (χ4v) is 2.88. The second-order valence-corrected chi connectivity index (χ2v) is 7.08. The summed E-state index contributed by atoms with van der Waals surface area (Å²) in [7, 11) is -3.44. The van der Waals surface area contributed by atoms with Crippen molar-refractivity contribution < 1.29 is 23.4 Å². The highest BCUT2D eigenvalue weighted by Crippen LogP contribution is 2.31. The molecule has 0 aliphatic carbocycles. The number of anilines is 1. The second kappa shape index (κ2) is 5.65. The third-order valence-electron chi connectivity index (χ3n) is 3.55. The van der Waals surface area contributed by atoms with Crippen LogP contribution < -0.4 is 10.5 Å². The molecule has 0 aromatic carbocycles. The van der Waals surface area contributed by atoms with E-state index in [2.05, 4.69) is 19.7 Å². The Morgan fingerprint density at radius 3 is 2.78 bits per heavy atom. The van der Waals surface area contributed by atoms with Crippen LogP contribution in [0.3, 0.4) is 0 Å². The van der Waals surface area contributed by atoms with Crippen molar-refractivity contribution in [3.8, 4) is 0 Å². The molecule has 1 saturated heterocycles. The summed E-state index contributed by atoms with van der Waals surface area (Å²) in [6.07, 6.45) is -0.845. The number of aromatic nitrogens is 4. The molecule has 0 bridgehead atoms. The number of hydrogen-bond donors (Lipinski definition) is 4. The number of imidazole rings is 1. The smallest absolute Gasteiger partial charge is 0.208 e. The number of sulfonamides is 1. The molecule has 12 heteroatoms. The van der Waals surface area contributed by atoms with E-state index >= 15 is 0 Å². The van der Waals surface area contributed by atoms with Gasteiger partial charge < -0.3 is 20.7 Å². The van der Waals surface area contributed by atoms with E-state index in [0.29, 0.717) is 11.2 Å². The zero-order valence-corrected chi connectivity index (χ0v) is 12.9. The summed E-state index contributed by atoms with van der Waals surface area (Å²) in [5, 5.41) is 20.2. The van der Waals surface area contributed by atoms with Gasteiger partial charge in [0.25, 0.3) is 0 Å². The van der Waals surface area contributed by atoms with Gasteiger partial charge in [-0.25, -0.2) is 28.1 Å². The van der Waals surface area contributed by atoms with Crippen LogP contribution in [0.25, 0.3) is 11.2 Å². The molecule has 0 unspecified atom stereocenters. The first-order valence-corrected chi connectivity index (χ1v) is 8.56. The number of aliphatic hydroxyl groups excluding tert-OH is 2. The molecular weight excluding hydrogens is 328 g/mol. The van der Waals surface area contributed by atoms with Gasteiger partial charge >= 0.3 is 0 Å². The number of fused-ring (bicyclic) bond motifs is 1. The quantitative estimate of drug-likeness (QED) is 0.472. The van der Waals surface area contributed by atoms with E-state index < -0.39 is 34.6 Å². The zero-order valence-electron chi connectivity index (χ0n) is 12.1. The highest BCUT2D eigenvalue weighted by Gasteiger charge is 2.44. The van der Waals surface area contributed by atoms with E-state index in [4.69, 9.17) is 10.5 Å². The molecule has 0 saturated carbocycles. The Kier molecular flexibility index (Phi) is 3.93. The summed E-state index contributed by atoms with van der Waals surface area (Å²) < 4.78 is 31.5. The van der Waals surface area contributed by atoms with Crippen molar-refractivity contribution in [3.63, 3.8) is 0 Å². The van der Waals surface area contributed by atoms with Crippen molar-refractivity contribution in [2.45, 2.75) is 24.5 Å². The Morgan fingerprint density at radius 1 is 1.35 bits per heavy atom. The molecule has 0 radical (unpaired) electrons. The Labute approximate surface area is 131 Å². The monoisotopic (exact) mass is 344 g/mol. The summed E-state index contributed by atoms with van der Waals surface area (Å²) in [5.74, 6) is 0.178. The van der Waals surface area contributed by atoms with Crippen LogP contribution in [0.4, 0.5) is 5.82 Å². The van der Waals surface area contributed by atoms with E-state index in [1.165, 1.54) is 17.2 Å². The first-order valence-electron chi connectivity index (χ1n) is 6.67. The van der Waals surface area contributed by atoms with Crippen LogP contribution in [0.1, 0.15) is 6.23 Å². The predicted molar refractivity (Wildman–Crippen MR) is 78.5 cm³/mol. The number of nitrogens with two attached hydrogens (primary N) is 1. The molecule has 1 aliphatic heterocycles. The lowest BCUT2D eigenvalue weighted by Crippen LogP contribution is -2.39. The summed E-state index contributed by atoms with van der Waals surface area (Å²) >= 11 is 0. The van der Waals surface area contributed by atoms with Gasteiger partial charge in [-0.15, -0.1) is 0 Å². The largest absolute Gasteiger partial charge is 0.387 e. The standard InChI is InChI=1S/C11H16N6O5S/c1-23(20,21)16-2-5-7(18)8(19)11(22-5)17-4-15-6-9(12)13-3-14-10(6)17/h3-5,7-8,11,16,18-19H,2H2,1H3,(H2,12,13,14)/t5-,7-,8-,11+/m0/s1. The van der Waals surface area contributed by atoms with Crippen molar-refractivity contribution in [2.24, 2.45) is 0 Å². The highest BCUT2D eigenvalue weighted by molar-refractivity contribution is 7.88. The van der Waals surface area contributed by atoms with E-state index in [0.717, 1.165) is 6.26 Å². The van der Waals surface area contributed by atoms with Crippen LogP contribution in [0.2, 0.25) is 0 Å². The minimum Gasteiger partial charge on any atom is -0.387 e. The van der Waals surface area contributed by atoms with E-state index in [9.17, 15) is 18.6 Å². The molecule has 3 rings (SSSR count). The summed E-state index contributed by atoms with van der Waals surface area (Å²) in [5.41, 5.74) is 6.38. The van der Waals surface area contributed by atoms with Gasteiger partial charge in [-0.1, -0.05) is 0 Å². The lowest BCUT2D eigenvalue weighted by atomic mass is 10.1. The van der Waals surface area contributed by atoms with Crippen LogP contribution >= 0.6 is 0 Å². The molecule has 1 aliphatic rings. The molecule has 5 N–H and O–H groups in total. The number of nitrogens with zero attached hydrogens (tertiary/aromatic N) is 4. The molecule has 11 nitrogen and oxygen atoms in total. The molecule has 23 heavy (non-hydrogen) atoms. The van der Waals surface area contributed by atoms with Crippen molar-refractivity contribution in [2.75, 3.05) is 18.5 Å². The average molecular weight is 344 g/mol. The second-order valence-electron chi connectivity index (χ2n) is 5.25. The number of aliphatic hydroxyl groups is 2. The van der Waals surface area contributed by atoms with Gasteiger partial charge in [-0.05, 0) is 0 Å². The van der Waals surface area contributed by atoms with Gasteiger partial charge in [-0.2, -0.15) is 0 Å². The van der Waals surface area contributed by atoms with Crippen LogP contribution in [-0.4, -0.2) is 69.3 Å². The Bertz CT molecular complexity index is 823. The number of hydrogen-bond acceptors (Lipinski definition) is 9. The topological polar surface area (TPSA) is 165 Å². The molecule has 3 heterocycles. The third-order valence-corrected chi connectivity index (χ3v) is 4.24. The number of rotatable bonds is 4. The van der Waals surface area contributed by atoms with Crippen molar-refractivity contribution >= 4 is 27.0 Å². The van der Waals surface area contributed by atoms with Crippen LogP contribution in [-0.2, 0) is 14.8 Å². The van der Waals surface area contributed by atoms with Crippen molar-refractivity contribution in [3.05, 3.63) is 12.7 Å². The molecule has 2 aromatic heterocycles. The minimum atomic E-state index is -3.44. The van der Waals surface area contributed by atoms with E-state index in [1.807, 2.05) is 0 Å². The highest BCUT2D eigenvalue weighted by atomic mass is 32.2. The predicted octanol–water partition coefficient (Wildman–Crippen LogP) is -2.42. The van der Waals surface area contributed by atoms with Crippen molar-refractivity contribution in [1.29, 1.82) is 0 Å². The number of nitrogen functional groups attached to an aromatic ring is 1. The fraction of sp³-hybridized carbons (Fsp3) is 0.545. The molecule has 0 amide bonds. The van der Waals surface area contributed by atoms with Crippen LogP contribution in [0.5, 0.6) is 0 Å². The first-order chi connectivity index (χ1) is 10.8. The normalized spacial score (nSPS) is 28.5. The summed E-state index contributed by atoms with van der Waals surface area (Å²) in [6, 6.07) is 0. The zero-order chi connectivity index (χ0) is 16.8. The molecule has 2 aromatic rings. The van der Waals surface area contributed by atoms with E-state index in [1.54, 1.807) is 0 Å². The molecular formula is C11H16N6O5S. The maximum absolute atomic E-state index is 11.1. The van der Waals surface area contributed by atoms with Gasteiger partial charge in [0.15, 0.2) is 17.7 Å². The van der Waals surface area contributed by atoms with Gasteiger partial charge in [0.1, 0.15) is 30.2 Å². The van der Waals surface area contributed by atoms with E-state index in [-0.39, 0.29) is 12.4 Å². The Morgan fingerprint density at radius 2 is 2.09 bits per heavy atom. The number of nitrogens with one attached hydrogen (secondary N) is 1. The maximum Gasteiger partial charge on any atom is 0.208 e. The molecule has 1 fully saturated rings. The Hall–Kier alpha value is -1.86. The summed E-state index contributed by atoms with van der Waals surface area (Å²) in [4.78, 5) is 11.9. The third kappa shape index (κ3) is 2.98. The number of ether oxygens (including phenoxy) is 1. The van der Waals surface area contributed by atoms with Gasteiger partial charge in [0, 0.05) is 6.54 Å². The fourth-order valence-electron chi connectivity index (χ4n) is 2.42.